The maximum absolute atomic E-state index is 13.2. The molecule has 0 heterocycles. The molecule has 0 aliphatic heterocycles. The molecule has 0 aliphatic carbocycles. The number of amides is 2. The van der Waals surface area contributed by atoms with Crippen LogP contribution < -0.4 is 5.32 Å². The molecule has 2 rings (SSSR count). The normalized spacial score (nSPS) is 12.9. The van der Waals surface area contributed by atoms with E-state index in [1.807, 2.05) is 45.0 Å². The summed E-state index contributed by atoms with van der Waals surface area (Å²) in [4.78, 5) is 27.6. The molecular weight excluding hydrogens is 407 g/mol. The maximum atomic E-state index is 13.2. The molecule has 0 aromatic heterocycles. The molecule has 4 nitrogen and oxygen atoms in total. The van der Waals surface area contributed by atoms with Crippen molar-refractivity contribution in [1.29, 1.82) is 0 Å². The van der Waals surface area contributed by atoms with Gasteiger partial charge in [0.25, 0.3) is 0 Å². The quantitative estimate of drug-likeness (QED) is 0.622. The fraction of sp³-hybridized carbons (Fsp3) is 0.391. The summed E-state index contributed by atoms with van der Waals surface area (Å²) in [5, 5.41) is 3.93. The summed E-state index contributed by atoms with van der Waals surface area (Å²) in [6.45, 7) is 8.07. The van der Waals surface area contributed by atoms with Crippen molar-refractivity contribution in [2.75, 3.05) is 0 Å². The number of benzene rings is 2. The summed E-state index contributed by atoms with van der Waals surface area (Å²) in [5.41, 5.74) is 2.76. The van der Waals surface area contributed by atoms with E-state index in [-0.39, 0.29) is 24.3 Å². The molecule has 0 saturated heterocycles. The Morgan fingerprint density at radius 2 is 1.76 bits per heavy atom. The standard InChI is InChI=1S/C23H28Cl2N2O2/c1-5-16(3)26-23(29)17(4)27(14-19-9-7-6-8-15(19)2)22(28)12-18-10-11-20(24)13-21(18)25/h6-11,13,16-17H,5,12,14H2,1-4H3,(H,26,29)/t16-,17-/m0/s1. The zero-order chi connectivity index (χ0) is 21.6. The van der Waals surface area contributed by atoms with Gasteiger partial charge in [-0.1, -0.05) is 60.5 Å². The lowest BCUT2D eigenvalue weighted by atomic mass is 10.1. The van der Waals surface area contributed by atoms with Crippen LogP contribution in [0.1, 0.15) is 43.9 Å². The molecule has 0 fully saturated rings. The number of aryl methyl sites for hydroxylation is 1. The summed E-state index contributed by atoms with van der Waals surface area (Å²) in [6.07, 6.45) is 0.924. The van der Waals surface area contributed by atoms with Crippen LogP contribution in [0.3, 0.4) is 0 Å². The second-order valence-corrected chi connectivity index (χ2v) is 8.20. The van der Waals surface area contributed by atoms with Gasteiger partial charge in [0.2, 0.25) is 11.8 Å². The maximum Gasteiger partial charge on any atom is 0.242 e. The van der Waals surface area contributed by atoms with Gasteiger partial charge < -0.3 is 10.2 Å². The van der Waals surface area contributed by atoms with Crippen molar-refractivity contribution in [3.05, 3.63) is 69.2 Å². The molecule has 2 atom stereocenters. The molecule has 0 radical (unpaired) electrons. The summed E-state index contributed by atoms with van der Waals surface area (Å²) in [5.74, 6) is -0.326. The van der Waals surface area contributed by atoms with E-state index in [2.05, 4.69) is 5.32 Å². The van der Waals surface area contributed by atoms with E-state index in [1.54, 1.807) is 30.0 Å². The van der Waals surface area contributed by atoms with E-state index in [9.17, 15) is 9.59 Å². The zero-order valence-corrected chi connectivity index (χ0v) is 18.8. The Kier molecular flexibility index (Phi) is 8.54. The van der Waals surface area contributed by atoms with Crippen LogP contribution in [0.4, 0.5) is 0 Å². The van der Waals surface area contributed by atoms with E-state index in [0.29, 0.717) is 22.2 Å². The molecule has 29 heavy (non-hydrogen) atoms. The highest BCUT2D eigenvalue weighted by Gasteiger charge is 2.27. The van der Waals surface area contributed by atoms with Crippen molar-refractivity contribution in [1.82, 2.24) is 10.2 Å². The highest BCUT2D eigenvalue weighted by molar-refractivity contribution is 6.35. The van der Waals surface area contributed by atoms with Crippen molar-refractivity contribution in [3.8, 4) is 0 Å². The van der Waals surface area contributed by atoms with Gasteiger partial charge in [0.05, 0.1) is 6.42 Å². The van der Waals surface area contributed by atoms with Crippen molar-refractivity contribution in [3.63, 3.8) is 0 Å². The first-order chi connectivity index (χ1) is 13.7. The Morgan fingerprint density at radius 1 is 1.07 bits per heavy atom. The molecule has 0 bridgehead atoms. The Balaban J connectivity index is 2.28. The average Bonchev–Trinajstić information content (AvgIpc) is 2.68. The smallest absolute Gasteiger partial charge is 0.242 e. The average molecular weight is 435 g/mol. The van der Waals surface area contributed by atoms with Gasteiger partial charge in [0, 0.05) is 22.6 Å². The van der Waals surface area contributed by atoms with Gasteiger partial charge in [0.1, 0.15) is 6.04 Å². The summed E-state index contributed by atoms with van der Waals surface area (Å²) >= 11 is 12.2. The third kappa shape index (κ3) is 6.48. The van der Waals surface area contributed by atoms with Gasteiger partial charge in [-0.25, -0.2) is 0 Å². The van der Waals surface area contributed by atoms with Gasteiger partial charge in [-0.3, -0.25) is 9.59 Å². The monoisotopic (exact) mass is 434 g/mol. The van der Waals surface area contributed by atoms with Gasteiger partial charge in [-0.2, -0.15) is 0 Å². The number of hydrogen-bond donors (Lipinski definition) is 1. The topological polar surface area (TPSA) is 49.4 Å². The second kappa shape index (κ2) is 10.7. The molecule has 6 heteroatoms. The molecule has 0 saturated carbocycles. The zero-order valence-electron chi connectivity index (χ0n) is 17.3. The fourth-order valence-corrected chi connectivity index (χ4v) is 3.42. The van der Waals surface area contributed by atoms with Crippen LogP contribution in [-0.2, 0) is 22.6 Å². The van der Waals surface area contributed by atoms with Crippen LogP contribution in [0, 0.1) is 6.92 Å². The van der Waals surface area contributed by atoms with Crippen LogP contribution >= 0.6 is 23.2 Å². The first-order valence-corrected chi connectivity index (χ1v) is 10.6. The molecule has 2 amide bonds. The van der Waals surface area contributed by atoms with Gasteiger partial charge in [-0.15, -0.1) is 0 Å². The molecule has 0 aliphatic rings. The van der Waals surface area contributed by atoms with E-state index in [0.717, 1.165) is 17.5 Å². The van der Waals surface area contributed by atoms with Crippen LogP contribution in [-0.4, -0.2) is 28.8 Å². The van der Waals surface area contributed by atoms with E-state index >= 15 is 0 Å². The molecule has 156 valence electrons. The lowest BCUT2D eigenvalue weighted by molar-refractivity contribution is -0.140. The fourth-order valence-electron chi connectivity index (χ4n) is 2.95. The van der Waals surface area contributed by atoms with Crippen LogP contribution in [0.2, 0.25) is 10.0 Å². The summed E-state index contributed by atoms with van der Waals surface area (Å²) in [7, 11) is 0. The van der Waals surface area contributed by atoms with Gasteiger partial charge in [0.15, 0.2) is 0 Å². The Hall–Kier alpha value is -2.04. The van der Waals surface area contributed by atoms with Crippen molar-refractivity contribution < 1.29 is 9.59 Å². The number of carbonyl (C=O) groups excluding carboxylic acids is 2. The number of nitrogens with one attached hydrogen (secondary N) is 1. The second-order valence-electron chi connectivity index (χ2n) is 7.35. The number of carbonyl (C=O) groups is 2. The third-order valence-corrected chi connectivity index (χ3v) is 5.71. The molecule has 0 unspecified atom stereocenters. The van der Waals surface area contributed by atoms with Crippen molar-refractivity contribution in [2.45, 2.75) is 59.2 Å². The molecule has 1 N–H and O–H groups in total. The number of halogens is 2. The molecular formula is C23H28Cl2N2O2. The van der Waals surface area contributed by atoms with E-state index in [4.69, 9.17) is 23.2 Å². The van der Waals surface area contributed by atoms with E-state index < -0.39 is 6.04 Å². The molecule has 0 spiro atoms. The number of hydrogen-bond acceptors (Lipinski definition) is 2. The van der Waals surface area contributed by atoms with Crippen molar-refractivity contribution in [2.24, 2.45) is 0 Å². The Labute approximate surface area is 183 Å². The minimum atomic E-state index is -0.609. The lowest BCUT2D eigenvalue weighted by Crippen LogP contribution is -2.50. The first kappa shape index (κ1) is 23.2. The van der Waals surface area contributed by atoms with Gasteiger partial charge in [-0.05, 0) is 56.0 Å². The van der Waals surface area contributed by atoms with Crippen molar-refractivity contribution >= 4 is 35.0 Å². The molecule has 2 aromatic rings. The highest BCUT2D eigenvalue weighted by Crippen LogP contribution is 2.23. The van der Waals surface area contributed by atoms with Crippen LogP contribution in [0.5, 0.6) is 0 Å². The van der Waals surface area contributed by atoms with Crippen LogP contribution in [0.15, 0.2) is 42.5 Å². The lowest BCUT2D eigenvalue weighted by Gasteiger charge is -2.30. The highest BCUT2D eigenvalue weighted by atomic mass is 35.5. The third-order valence-electron chi connectivity index (χ3n) is 5.13. The van der Waals surface area contributed by atoms with Crippen LogP contribution in [0.25, 0.3) is 0 Å². The predicted octanol–water partition coefficient (Wildman–Crippen LogP) is 5.18. The SMILES string of the molecule is CC[C@H](C)NC(=O)[C@H](C)N(Cc1ccccc1C)C(=O)Cc1ccc(Cl)cc1Cl. The number of nitrogens with zero attached hydrogens (tertiary/aromatic N) is 1. The minimum absolute atomic E-state index is 0.0473. The molecule has 2 aromatic carbocycles. The summed E-state index contributed by atoms with van der Waals surface area (Å²) in [6, 6.07) is 12.4. The largest absolute Gasteiger partial charge is 0.352 e. The van der Waals surface area contributed by atoms with Gasteiger partial charge >= 0.3 is 0 Å². The first-order valence-electron chi connectivity index (χ1n) is 9.81. The number of rotatable bonds is 8. The van der Waals surface area contributed by atoms with E-state index in [1.165, 1.54) is 0 Å². The Bertz CT molecular complexity index is 870. The summed E-state index contributed by atoms with van der Waals surface area (Å²) < 4.78 is 0. The predicted molar refractivity (Wildman–Crippen MR) is 119 cm³/mol. The minimum Gasteiger partial charge on any atom is -0.352 e. The Morgan fingerprint density at radius 3 is 2.38 bits per heavy atom.